The van der Waals surface area contributed by atoms with E-state index < -0.39 is 0 Å². The minimum atomic E-state index is -0.0178. The Bertz CT molecular complexity index is 467. The van der Waals surface area contributed by atoms with Gasteiger partial charge >= 0.3 is 0 Å². The SMILES string of the molecule is NC1(C2CCOC3(CCC3)C2)Cc2ccccc2C1. The van der Waals surface area contributed by atoms with Crippen molar-refractivity contribution in [3.05, 3.63) is 35.4 Å². The van der Waals surface area contributed by atoms with Crippen molar-refractivity contribution in [2.45, 2.75) is 56.1 Å². The minimum Gasteiger partial charge on any atom is -0.375 e. The third kappa shape index (κ3) is 1.85. The van der Waals surface area contributed by atoms with Crippen LogP contribution < -0.4 is 5.73 Å². The summed E-state index contributed by atoms with van der Waals surface area (Å²) in [7, 11) is 0. The number of benzene rings is 1. The first-order chi connectivity index (χ1) is 9.19. The molecule has 1 unspecified atom stereocenters. The molecule has 1 spiro atoms. The van der Waals surface area contributed by atoms with E-state index in [1.807, 2.05) is 0 Å². The molecule has 2 aliphatic carbocycles. The van der Waals surface area contributed by atoms with E-state index in [0.29, 0.717) is 5.92 Å². The molecule has 2 nitrogen and oxygen atoms in total. The van der Waals surface area contributed by atoms with Gasteiger partial charge in [-0.15, -0.1) is 0 Å². The van der Waals surface area contributed by atoms with Gasteiger partial charge in [-0.2, -0.15) is 0 Å². The van der Waals surface area contributed by atoms with Crippen molar-refractivity contribution in [3.8, 4) is 0 Å². The number of rotatable bonds is 1. The summed E-state index contributed by atoms with van der Waals surface area (Å²) in [4.78, 5) is 0. The fraction of sp³-hybridized carbons (Fsp3) is 0.647. The fourth-order valence-electron chi connectivity index (χ4n) is 4.40. The van der Waals surface area contributed by atoms with E-state index in [4.69, 9.17) is 10.5 Å². The molecule has 1 saturated carbocycles. The van der Waals surface area contributed by atoms with Crippen LogP contribution in [0.2, 0.25) is 0 Å². The summed E-state index contributed by atoms with van der Waals surface area (Å²) in [6, 6.07) is 8.79. The van der Waals surface area contributed by atoms with E-state index in [2.05, 4.69) is 24.3 Å². The predicted octanol–water partition coefficient (Wildman–Crippen LogP) is 2.83. The van der Waals surface area contributed by atoms with Crippen LogP contribution in [-0.2, 0) is 17.6 Å². The van der Waals surface area contributed by atoms with Gasteiger partial charge in [-0.1, -0.05) is 24.3 Å². The molecule has 1 aromatic carbocycles. The highest BCUT2D eigenvalue weighted by molar-refractivity contribution is 5.36. The predicted molar refractivity (Wildman–Crippen MR) is 76.0 cm³/mol. The highest BCUT2D eigenvalue weighted by atomic mass is 16.5. The second-order valence-corrected chi connectivity index (χ2v) is 6.93. The standard InChI is InChI=1S/C17H23NO/c18-17(10-13-4-1-2-5-14(13)11-17)15-6-9-19-16(12-15)7-3-8-16/h1-2,4-5,15H,3,6-12,18H2. The van der Waals surface area contributed by atoms with Gasteiger partial charge in [0.1, 0.15) is 0 Å². The summed E-state index contributed by atoms with van der Waals surface area (Å²) in [6.45, 7) is 0.917. The van der Waals surface area contributed by atoms with E-state index in [1.54, 1.807) is 0 Å². The largest absolute Gasteiger partial charge is 0.375 e. The van der Waals surface area contributed by atoms with E-state index in [9.17, 15) is 0 Å². The summed E-state index contributed by atoms with van der Waals surface area (Å²) in [5.41, 5.74) is 9.97. The molecule has 1 heterocycles. The second-order valence-electron chi connectivity index (χ2n) is 6.93. The van der Waals surface area contributed by atoms with Gasteiger partial charge in [-0.25, -0.2) is 0 Å². The van der Waals surface area contributed by atoms with Crippen molar-refractivity contribution < 1.29 is 4.74 Å². The maximum atomic E-state index is 6.83. The molecule has 102 valence electrons. The molecule has 2 heteroatoms. The Balaban J connectivity index is 1.56. The second kappa shape index (κ2) is 4.07. The van der Waals surface area contributed by atoms with Crippen molar-refractivity contribution in [1.29, 1.82) is 0 Å². The summed E-state index contributed by atoms with van der Waals surface area (Å²) in [5.74, 6) is 0.633. The van der Waals surface area contributed by atoms with Gasteiger partial charge in [0.2, 0.25) is 0 Å². The first-order valence-electron chi connectivity index (χ1n) is 7.69. The Morgan fingerprint density at radius 2 is 1.79 bits per heavy atom. The first-order valence-corrected chi connectivity index (χ1v) is 7.69. The number of ether oxygens (including phenoxy) is 1. The van der Waals surface area contributed by atoms with Gasteiger partial charge in [0, 0.05) is 12.1 Å². The molecule has 1 aliphatic heterocycles. The molecule has 2 N–H and O–H groups in total. The number of fused-ring (bicyclic) bond motifs is 1. The van der Waals surface area contributed by atoms with Crippen LogP contribution in [0.15, 0.2) is 24.3 Å². The maximum absolute atomic E-state index is 6.83. The van der Waals surface area contributed by atoms with Gasteiger partial charge in [0.25, 0.3) is 0 Å². The zero-order valence-electron chi connectivity index (χ0n) is 11.5. The summed E-state index contributed by atoms with van der Waals surface area (Å²) in [6.07, 6.45) is 8.31. The summed E-state index contributed by atoms with van der Waals surface area (Å²) >= 11 is 0. The van der Waals surface area contributed by atoms with E-state index >= 15 is 0 Å². The van der Waals surface area contributed by atoms with Gasteiger partial charge in [-0.3, -0.25) is 0 Å². The number of hydrogen-bond donors (Lipinski definition) is 1. The Labute approximate surface area is 115 Å². The van der Waals surface area contributed by atoms with E-state index in [1.165, 1.54) is 36.8 Å². The quantitative estimate of drug-likeness (QED) is 0.839. The molecule has 1 atom stereocenters. The zero-order chi connectivity index (χ0) is 12.9. The van der Waals surface area contributed by atoms with Gasteiger partial charge in [0.15, 0.2) is 0 Å². The van der Waals surface area contributed by atoms with Crippen molar-refractivity contribution in [1.82, 2.24) is 0 Å². The molecule has 1 saturated heterocycles. The molecule has 1 aromatic rings. The number of hydrogen-bond acceptors (Lipinski definition) is 2. The Hall–Kier alpha value is -0.860. The average Bonchev–Trinajstić information content (AvgIpc) is 2.75. The molecule has 2 fully saturated rings. The summed E-state index contributed by atoms with van der Waals surface area (Å²) < 4.78 is 6.06. The normalized spacial score (nSPS) is 30.9. The molecular formula is C17H23NO. The third-order valence-electron chi connectivity index (χ3n) is 5.73. The van der Waals surface area contributed by atoms with Crippen LogP contribution in [-0.4, -0.2) is 17.7 Å². The van der Waals surface area contributed by atoms with Crippen LogP contribution in [0.25, 0.3) is 0 Å². The van der Waals surface area contributed by atoms with E-state index in [0.717, 1.165) is 25.9 Å². The zero-order valence-corrected chi connectivity index (χ0v) is 11.5. The lowest BCUT2D eigenvalue weighted by molar-refractivity contribution is -0.151. The van der Waals surface area contributed by atoms with Crippen molar-refractivity contribution in [2.75, 3.05) is 6.61 Å². The highest BCUT2D eigenvalue weighted by Crippen LogP contribution is 2.48. The Kier molecular flexibility index (Phi) is 2.55. The first kappa shape index (κ1) is 11.9. The minimum absolute atomic E-state index is 0.0178. The Morgan fingerprint density at radius 3 is 2.37 bits per heavy atom. The molecule has 19 heavy (non-hydrogen) atoms. The van der Waals surface area contributed by atoms with Crippen LogP contribution in [0.5, 0.6) is 0 Å². The van der Waals surface area contributed by atoms with Gasteiger partial charge < -0.3 is 10.5 Å². The highest BCUT2D eigenvalue weighted by Gasteiger charge is 2.49. The molecule has 0 amide bonds. The Morgan fingerprint density at radius 1 is 1.11 bits per heavy atom. The van der Waals surface area contributed by atoms with Crippen molar-refractivity contribution in [3.63, 3.8) is 0 Å². The lowest BCUT2D eigenvalue weighted by atomic mass is 9.66. The monoisotopic (exact) mass is 257 g/mol. The van der Waals surface area contributed by atoms with Gasteiger partial charge in [0.05, 0.1) is 5.60 Å². The lowest BCUT2D eigenvalue weighted by Gasteiger charge is -2.50. The molecule has 4 rings (SSSR count). The van der Waals surface area contributed by atoms with E-state index in [-0.39, 0.29) is 11.1 Å². The van der Waals surface area contributed by atoms with Crippen molar-refractivity contribution >= 4 is 0 Å². The lowest BCUT2D eigenvalue weighted by Crippen LogP contribution is -2.56. The van der Waals surface area contributed by atoms with Crippen LogP contribution >= 0.6 is 0 Å². The molecule has 0 aromatic heterocycles. The van der Waals surface area contributed by atoms with Crippen LogP contribution in [0, 0.1) is 5.92 Å². The summed E-state index contributed by atoms with van der Waals surface area (Å²) in [5, 5.41) is 0. The molecule has 0 radical (unpaired) electrons. The van der Waals surface area contributed by atoms with Gasteiger partial charge in [-0.05, 0) is 62.0 Å². The third-order valence-corrected chi connectivity index (χ3v) is 5.73. The maximum Gasteiger partial charge on any atom is 0.0686 e. The smallest absolute Gasteiger partial charge is 0.0686 e. The average molecular weight is 257 g/mol. The number of nitrogens with two attached hydrogens (primary N) is 1. The molecule has 3 aliphatic rings. The molecular weight excluding hydrogens is 234 g/mol. The molecule has 0 bridgehead atoms. The van der Waals surface area contributed by atoms with Crippen LogP contribution in [0.1, 0.15) is 43.2 Å². The van der Waals surface area contributed by atoms with Crippen LogP contribution in [0.3, 0.4) is 0 Å². The topological polar surface area (TPSA) is 35.2 Å². The van der Waals surface area contributed by atoms with Crippen LogP contribution in [0.4, 0.5) is 0 Å². The fourth-order valence-corrected chi connectivity index (χ4v) is 4.40. The van der Waals surface area contributed by atoms with Crippen molar-refractivity contribution in [2.24, 2.45) is 11.7 Å².